The summed E-state index contributed by atoms with van der Waals surface area (Å²) in [6.45, 7) is 3.39. The number of hydrazone groups is 1. The summed E-state index contributed by atoms with van der Waals surface area (Å²) in [5.74, 6) is -0.399. The molecule has 0 atom stereocenters. The summed E-state index contributed by atoms with van der Waals surface area (Å²) in [4.78, 5) is 22.7. The Morgan fingerprint density at radius 2 is 1.85 bits per heavy atom. The average molecular weight is 356 g/mol. The topological polar surface area (TPSA) is 97.2 Å². The van der Waals surface area contributed by atoms with Crippen LogP contribution in [-0.2, 0) is 4.79 Å². The minimum atomic E-state index is -1.07. The number of ether oxygens (including phenoxy) is 2. The lowest BCUT2D eigenvalue weighted by Crippen LogP contribution is -2.17. The summed E-state index contributed by atoms with van der Waals surface area (Å²) in [6, 6.07) is 13.5. The molecule has 7 nitrogen and oxygen atoms in total. The highest BCUT2D eigenvalue weighted by atomic mass is 16.5. The zero-order valence-corrected chi connectivity index (χ0v) is 14.5. The molecule has 0 bridgehead atoms. The molecule has 1 amide bonds. The SMILES string of the molecule is CC(C)Oc1ccc(C(=O)N/N=C\c2ccccc2OCC(=O)O)cc1. The summed E-state index contributed by atoms with van der Waals surface area (Å²) in [5.41, 5.74) is 3.41. The molecular formula is C19H20N2O5. The predicted molar refractivity (Wildman–Crippen MR) is 96.8 cm³/mol. The highest BCUT2D eigenvalue weighted by Crippen LogP contribution is 2.16. The summed E-state index contributed by atoms with van der Waals surface area (Å²) in [7, 11) is 0. The number of amides is 1. The van der Waals surface area contributed by atoms with Gasteiger partial charge in [0.25, 0.3) is 5.91 Å². The van der Waals surface area contributed by atoms with Gasteiger partial charge < -0.3 is 14.6 Å². The average Bonchev–Trinajstić information content (AvgIpc) is 2.61. The number of benzene rings is 2. The molecule has 0 saturated carbocycles. The summed E-state index contributed by atoms with van der Waals surface area (Å²) in [6.07, 6.45) is 1.45. The van der Waals surface area contributed by atoms with E-state index in [2.05, 4.69) is 10.5 Å². The first-order valence-electron chi connectivity index (χ1n) is 7.99. The van der Waals surface area contributed by atoms with Crippen LogP contribution >= 0.6 is 0 Å². The van der Waals surface area contributed by atoms with Crippen molar-refractivity contribution in [3.63, 3.8) is 0 Å². The number of nitrogens with one attached hydrogen (secondary N) is 1. The minimum Gasteiger partial charge on any atom is -0.491 e. The van der Waals surface area contributed by atoms with Gasteiger partial charge in [-0.05, 0) is 50.2 Å². The Morgan fingerprint density at radius 3 is 2.50 bits per heavy atom. The molecule has 0 aliphatic heterocycles. The van der Waals surface area contributed by atoms with Crippen molar-refractivity contribution >= 4 is 18.1 Å². The lowest BCUT2D eigenvalue weighted by atomic mass is 10.2. The lowest BCUT2D eigenvalue weighted by molar-refractivity contribution is -0.139. The second-order valence-electron chi connectivity index (χ2n) is 5.61. The quantitative estimate of drug-likeness (QED) is 0.560. The molecule has 26 heavy (non-hydrogen) atoms. The van der Waals surface area contributed by atoms with E-state index in [-0.39, 0.29) is 12.0 Å². The molecule has 2 N–H and O–H groups in total. The fourth-order valence-corrected chi connectivity index (χ4v) is 2.04. The molecule has 0 aliphatic carbocycles. The van der Waals surface area contributed by atoms with E-state index in [1.165, 1.54) is 6.21 Å². The normalized spacial score (nSPS) is 10.7. The Labute approximate surface area is 151 Å². The van der Waals surface area contributed by atoms with Crippen LogP contribution in [0.4, 0.5) is 0 Å². The first-order valence-corrected chi connectivity index (χ1v) is 7.99. The molecule has 0 aliphatic rings. The molecule has 7 heteroatoms. The maximum Gasteiger partial charge on any atom is 0.341 e. The van der Waals surface area contributed by atoms with Gasteiger partial charge in [-0.25, -0.2) is 10.2 Å². The van der Waals surface area contributed by atoms with Gasteiger partial charge in [0.1, 0.15) is 11.5 Å². The van der Waals surface area contributed by atoms with Crippen molar-refractivity contribution in [3.8, 4) is 11.5 Å². The second-order valence-corrected chi connectivity index (χ2v) is 5.61. The third kappa shape index (κ3) is 5.94. The number of carbonyl (C=O) groups excluding carboxylic acids is 1. The second kappa shape index (κ2) is 9.22. The van der Waals surface area contributed by atoms with Crippen LogP contribution in [0.5, 0.6) is 11.5 Å². The van der Waals surface area contributed by atoms with Gasteiger partial charge in [0.15, 0.2) is 6.61 Å². The van der Waals surface area contributed by atoms with E-state index in [4.69, 9.17) is 14.6 Å². The van der Waals surface area contributed by atoms with E-state index in [0.717, 1.165) is 0 Å². The first-order chi connectivity index (χ1) is 12.5. The van der Waals surface area contributed by atoms with Crippen LogP contribution in [-0.4, -0.2) is 35.9 Å². The Kier molecular flexibility index (Phi) is 6.73. The fourth-order valence-electron chi connectivity index (χ4n) is 2.04. The van der Waals surface area contributed by atoms with Crippen LogP contribution in [0, 0.1) is 0 Å². The van der Waals surface area contributed by atoms with Crippen LogP contribution < -0.4 is 14.9 Å². The zero-order valence-electron chi connectivity index (χ0n) is 14.5. The van der Waals surface area contributed by atoms with Crippen molar-refractivity contribution in [1.29, 1.82) is 0 Å². The molecular weight excluding hydrogens is 336 g/mol. The van der Waals surface area contributed by atoms with E-state index in [0.29, 0.717) is 22.6 Å². The number of para-hydroxylation sites is 1. The Balaban J connectivity index is 1.97. The van der Waals surface area contributed by atoms with E-state index in [1.807, 2.05) is 13.8 Å². The van der Waals surface area contributed by atoms with Crippen LogP contribution in [0.3, 0.4) is 0 Å². The third-order valence-corrected chi connectivity index (χ3v) is 3.13. The van der Waals surface area contributed by atoms with Crippen LogP contribution in [0.25, 0.3) is 0 Å². The van der Waals surface area contributed by atoms with Gasteiger partial charge in [-0.15, -0.1) is 0 Å². The lowest BCUT2D eigenvalue weighted by Gasteiger charge is -2.09. The minimum absolute atomic E-state index is 0.0580. The van der Waals surface area contributed by atoms with Gasteiger partial charge in [-0.2, -0.15) is 5.10 Å². The maximum absolute atomic E-state index is 12.1. The molecule has 0 spiro atoms. The van der Waals surface area contributed by atoms with Gasteiger partial charge in [-0.3, -0.25) is 4.79 Å². The number of nitrogens with zero attached hydrogens (tertiary/aromatic N) is 1. The van der Waals surface area contributed by atoms with Gasteiger partial charge >= 0.3 is 5.97 Å². The van der Waals surface area contributed by atoms with Crippen LogP contribution in [0.2, 0.25) is 0 Å². The zero-order chi connectivity index (χ0) is 18.9. The van der Waals surface area contributed by atoms with Gasteiger partial charge in [0, 0.05) is 11.1 Å². The summed E-state index contributed by atoms with van der Waals surface area (Å²) in [5, 5.41) is 12.6. The van der Waals surface area contributed by atoms with Crippen LogP contribution in [0.15, 0.2) is 53.6 Å². The number of hydrogen-bond donors (Lipinski definition) is 2. The van der Waals surface area contributed by atoms with Gasteiger partial charge in [0.05, 0.1) is 12.3 Å². The largest absolute Gasteiger partial charge is 0.491 e. The highest BCUT2D eigenvalue weighted by Gasteiger charge is 2.06. The van der Waals surface area contributed by atoms with Crippen molar-refractivity contribution < 1.29 is 24.2 Å². The Hall–Kier alpha value is -3.35. The Morgan fingerprint density at radius 1 is 1.15 bits per heavy atom. The highest BCUT2D eigenvalue weighted by molar-refractivity contribution is 5.95. The molecule has 2 aromatic carbocycles. The number of carbonyl (C=O) groups is 2. The molecule has 2 rings (SSSR count). The predicted octanol–water partition coefficient (Wildman–Crippen LogP) is 2.70. The first kappa shape index (κ1) is 19.0. The van der Waals surface area contributed by atoms with E-state index in [9.17, 15) is 9.59 Å². The van der Waals surface area contributed by atoms with Crippen LogP contribution in [0.1, 0.15) is 29.8 Å². The van der Waals surface area contributed by atoms with E-state index >= 15 is 0 Å². The number of carboxylic acids is 1. The van der Waals surface area contributed by atoms with Crippen molar-refractivity contribution in [2.45, 2.75) is 20.0 Å². The standard InChI is InChI=1S/C19H20N2O5/c1-13(2)26-16-9-7-14(8-10-16)19(24)21-20-11-15-5-3-4-6-17(15)25-12-18(22)23/h3-11,13H,12H2,1-2H3,(H,21,24)(H,22,23)/b20-11-. The van der Waals surface area contributed by atoms with Gasteiger partial charge in [-0.1, -0.05) is 12.1 Å². The molecule has 0 fully saturated rings. The van der Waals surface area contributed by atoms with Gasteiger partial charge in [0.2, 0.25) is 0 Å². The van der Waals surface area contributed by atoms with Crippen molar-refractivity contribution in [2.75, 3.05) is 6.61 Å². The monoisotopic (exact) mass is 356 g/mol. The number of carboxylic acid groups (broad SMARTS) is 1. The molecule has 2 aromatic rings. The van der Waals surface area contributed by atoms with Crippen molar-refractivity contribution in [2.24, 2.45) is 5.10 Å². The van der Waals surface area contributed by atoms with E-state index < -0.39 is 12.6 Å². The van der Waals surface area contributed by atoms with Crippen molar-refractivity contribution in [1.82, 2.24) is 5.43 Å². The third-order valence-electron chi connectivity index (χ3n) is 3.13. The summed E-state index contributed by atoms with van der Waals surface area (Å²) < 4.78 is 10.7. The molecule has 0 heterocycles. The van der Waals surface area contributed by atoms with E-state index in [1.54, 1.807) is 48.5 Å². The Bertz CT molecular complexity index is 785. The fraction of sp³-hybridized carbons (Fsp3) is 0.211. The van der Waals surface area contributed by atoms with Crippen molar-refractivity contribution in [3.05, 3.63) is 59.7 Å². The molecule has 0 unspecified atom stereocenters. The molecule has 136 valence electrons. The number of aliphatic carboxylic acids is 1. The molecule has 0 aromatic heterocycles. The number of rotatable bonds is 8. The molecule has 0 radical (unpaired) electrons. The smallest absolute Gasteiger partial charge is 0.341 e. The summed E-state index contributed by atoms with van der Waals surface area (Å²) >= 11 is 0. The maximum atomic E-state index is 12.1. The molecule has 0 saturated heterocycles. The number of hydrogen-bond acceptors (Lipinski definition) is 5.